The SMILES string of the molecule is N#CC1(c2ccccc2)CCC(N2CCC3CN(C(=O)O)CC32)CC1. The molecule has 1 aromatic rings. The normalized spacial score (nSPS) is 35.3. The standard InChI is InChI=1S/C20H25N3O2/c21-14-20(16-4-2-1-3-5-16)9-6-17(7-10-20)23-11-8-15-12-22(19(24)25)13-18(15)23/h1-5,15,17-18H,6-13H2,(H,24,25). The van der Waals surface area contributed by atoms with Gasteiger partial charge in [-0.3, -0.25) is 4.90 Å². The van der Waals surface area contributed by atoms with Crippen molar-refractivity contribution in [1.82, 2.24) is 9.80 Å². The second-order valence-corrected chi connectivity index (χ2v) is 7.83. The number of likely N-dealkylation sites (tertiary alicyclic amines) is 2. The van der Waals surface area contributed by atoms with Crippen molar-refractivity contribution in [2.45, 2.75) is 49.6 Å². The predicted molar refractivity (Wildman–Crippen MR) is 94.2 cm³/mol. The Morgan fingerprint density at radius 2 is 1.88 bits per heavy atom. The van der Waals surface area contributed by atoms with E-state index in [0.717, 1.165) is 44.2 Å². The molecule has 0 bridgehead atoms. The molecule has 5 heteroatoms. The number of rotatable bonds is 2. The first-order valence-electron chi connectivity index (χ1n) is 9.33. The number of benzene rings is 1. The van der Waals surface area contributed by atoms with E-state index in [9.17, 15) is 15.2 Å². The minimum absolute atomic E-state index is 0.348. The molecular weight excluding hydrogens is 314 g/mol. The molecule has 2 aliphatic heterocycles. The predicted octanol–water partition coefficient (Wildman–Crippen LogP) is 3.07. The highest BCUT2D eigenvalue weighted by molar-refractivity contribution is 5.65. The summed E-state index contributed by atoms with van der Waals surface area (Å²) in [6.07, 6.45) is 4.17. The third-order valence-corrected chi connectivity index (χ3v) is 6.68. The summed E-state index contributed by atoms with van der Waals surface area (Å²) in [6.45, 7) is 2.42. The largest absolute Gasteiger partial charge is 0.465 e. The minimum Gasteiger partial charge on any atom is -0.465 e. The van der Waals surface area contributed by atoms with Gasteiger partial charge in [0.1, 0.15) is 0 Å². The first-order chi connectivity index (χ1) is 12.1. The van der Waals surface area contributed by atoms with Crippen molar-refractivity contribution in [2.24, 2.45) is 5.92 Å². The van der Waals surface area contributed by atoms with Crippen LogP contribution in [0, 0.1) is 17.2 Å². The molecule has 2 unspecified atom stereocenters. The number of carboxylic acid groups (broad SMARTS) is 1. The first-order valence-corrected chi connectivity index (χ1v) is 9.33. The lowest BCUT2D eigenvalue weighted by Gasteiger charge is -2.41. The van der Waals surface area contributed by atoms with Gasteiger partial charge in [0, 0.05) is 25.2 Å². The van der Waals surface area contributed by atoms with Gasteiger partial charge in [0.15, 0.2) is 0 Å². The van der Waals surface area contributed by atoms with Gasteiger partial charge in [-0.1, -0.05) is 30.3 Å². The van der Waals surface area contributed by atoms with Crippen molar-refractivity contribution in [2.75, 3.05) is 19.6 Å². The molecule has 4 rings (SSSR count). The molecular formula is C20H25N3O2. The Labute approximate surface area is 148 Å². The summed E-state index contributed by atoms with van der Waals surface area (Å²) < 4.78 is 0. The Morgan fingerprint density at radius 1 is 1.16 bits per heavy atom. The van der Waals surface area contributed by atoms with Gasteiger partial charge in [0.25, 0.3) is 0 Å². The summed E-state index contributed by atoms with van der Waals surface area (Å²) in [7, 11) is 0. The van der Waals surface area contributed by atoms with Crippen molar-refractivity contribution in [3.63, 3.8) is 0 Å². The average molecular weight is 339 g/mol. The van der Waals surface area contributed by atoms with Crippen LogP contribution in [-0.4, -0.2) is 52.7 Å². The molecule has 0 radical (unpaired) electrons. The van der Waals surface area contributed by atoms with Gasteiger partial charge in [-0.05, 0) is 50.1 Å². The zero-order chi connectivity index (χ0) is 17.4. The van der Waals surface area contributed by atoms with E-state index in [1.54, 1.807) is 4.90 Å². The van der Waals surface area contributed by atoms with Crippen LogP contribution in [0.1, 0.15) is 37.7 Å². The highest BCUT2D eigenvalue weighted by Crippen LogP contribution is 2.43. The number of fused-ring (bicyclic) bond motifs is 1. The fourth-order valence-electron chi connectivity index (χ4n) is 5.25. The van der Waals surface area contributed by atoms with Crippen molar-refractivity contribution >= 4 is 6.09 Å². The highest BCUT2D eigenvalue weighted by Gasteiger charge is 2.47. The molecule has 1 saturated carbocycles. The molecule has 0 spiro atoms. The van der Waals surface area contributed by atoms with Gasteiger partial charge >= 0.3 is 6.09 Å². The second kappa shape index (κ2) is 6.34. The molecule has 1 aromatic carbocycles. The molecule has 1 aliphatic carbocycles. The fraction of sp³-hybridized carbons (Fsp3) is 0.600. The van der Waals surface area contributed by atoms with E-state index in [1.807, 2.05) is 18.2 Å². The molecule has 3 aliphatic rings. The van der Waals surface area contributed by atoms with Crippen LogP contribution in [0.5, 0.6) is 0 Å². The van der Waals surface area contributed by atoms with Crippen LogP contribution in [0.3, 0.4) is 0 Å². The number of carbonyl (C=O) groups is 1. The Balaban J connectivity index is 1.44. The van der Waals surface area contributed by atoms with Crippen LogP contribution < -0.4 is 0 Å². The van der Waals surface area contributed by atoms with Crippen LogP contribution in [0.4, 0.5) is 4.79 Å². The fourth-order valence-corrected chi connectivity index (χ4v) is 5.25. The molecule has 1 amide bonds. The number of hydrogen-bond donors (Lipinski definition) is 1. The molecule has 2 saturated heterocycles. The summed E-state index contributed by atoms with van der Waals surface area (Å²) >= 11 is 0. The maximum absolute atomic E-state index is 11.3. The molecule has 3 fully saturated rings. The van der Waals surface area contributed by atoms with E-state index < -0.39 is 6.09 Å². The number of nitriles is 1. The van der Waals surface area contributed by atoms with Crippen LogP contribution >= 0.6 is 0 Å². The third kappa shape index (κ3) is 2.79. The van der Waals surface area contributed by atoms with E-state index >= 15 is 0 Å². The Kier molecular flexibility index (Phi) is 4.16. The first kappa shape index (κ1) is 16.4. The Morgan fingerprint density at radius 3 is 2.52 bits per heavy atom. The number of amides is 1. The van der Waals surface area contributed by atoms with Crippen LogP contribution in [0.15, 0.2) is 30.3 Å². The van der Waals surface area contributed by atoms with E-state index in [-0.39, 0.29) is 5.41 Å². The Hall–Kier alpha value is -2.06. The second-order valence-electron chi connectivity index (χ2n) is 7.83. The maximum Gasteiger partial charge on any atom is 0.407 e. The number of nitrogens with zero attached hydrogens (tertiary/aromatic N) is 3. The van der Waals surface area contributed by atoms with Crippen LogP contribution in [0.25, 0.3) is 0 Å². The van der Waals surface area contributed by atoms with E-state index in [0.29, 0.717) is 31.1 Å². The lowest BCUT2D eigenvalue weighted by molar-refractivity contribution is 0.112. The zero-order valence-corrected chi connectivity index (χ0v) is 14.5. The topological polar surface area (TPSA) is 67.6 Å². The van der Waals surface area contributed by atoms with Crippen molar-refractivity contribution in [3.05, 3.63) is 35.9 Å². The maximum atomic E-state index is 11.3. The number of hydrogen-bond acceptors (Lipinski definition) is 3. The molecule has 5 nitrogen and oxygen atoms in total. The lowest BCUT2D eigenvalue weighted by Crippen LogP contribution is -2.46. The van der Waals surface area contributed by atoms with Gasteiger partial charge < -0.3 is 10.0 Å². The van der Waals surface area contributed by atoms with E-state index in [1.165, 1.54) is 0 Å². The molecule has 0 aromatic heterocycles. The molecule has 1 N–H and O–H groups in total. The quantitative estimate of drug-likeness (QED) is 0.899. The van der Waals surface area contributed by atoms with E-state index in [4.69, 9.17) is 0 Å². The highest BCUT2D eigenvalue weighted by atomic mass is 16.4. The minimum atomic E-state index is -0.787. The molecule has 25 heavy (non-hydrogen) atoms. The van der Waals surface area contributed by atoms with Crippen LogP contribution in [0.2, 0.25) is 0 Å². The van der Waals surface area contributed by atoms with Gasteiger partial charge in [0.2, 0.25) is 0 Å². The van der Waals surface area contributed by atoms with E-state index in [2.05, 4.69) is 23.1 Å². The lowest BCUT2D eigenvalue weighted by atomic mass is 9.69. The summed E-state index contributed by atoms with van der Waals surface area (Å²) in [4.78, 5) is 15.4. The summed E-state index contributed by atoms with van der Waals surface area (Å²) in [6, 6.07) is 13.7. The van der Waals surface area contributed by atoms with Crippen LogP contribution in [-0.2, 0) is 5.41 Å². The summed E-state index contributed by atoms with van der Waals surface area (Å²) in [5.74, 6) is 0.493. The summed E-state index contributed by atoms with van der Waals surface area (Å²) in [5, 5.41) is 19.1. The molecule has 132 valence electrons. The van der Waals surface area contributed by atoms with Gasteiger partial charge in [-0.2, -0.15) is 5.26 Å². The third-order valence-electron chi connectivity index (χ3n) is 6.68. The summed E-state index contributed by atoms with van der Waals surface area (Å²) in [5.41, 5.74) is 0.799. The smallest absolute Gasteiger partial charge is 0.407 e. The zero-order valence-electron chi connectivity index (χ0n) is 14.5. The van der Waals surface area contributed by atoms with Gasteiger partial charge in [0.05, 0.1) is 11.5 Å². The average Bonchev–Trinajstić information content (AvgIpc) is 3.23. The van der Waals surface area contributed by atoms with Gasteiger partial charge in [-0.25, -0.2) is 4.79 Å². The monoisotopic (exact) mass is 339 g/mol. The van der Waals surface area contributed by atoms with Crippen molar-refractivity contribution in [3.8, 4) is 6.07 Å². The van der Waals surface area contributed by atoms with Crippen molar-refractivity contribution in [1.29, 1.82) is 5.26 Å². The Bertz CT molecular complexity index is 676. The van der Waals surface area contributed by atoms with Gasteiger partial charge in [-0.15, -0.1) is 0 Å². The van der Waals surface area contributed by atoms with Crippen molar-refractivity contribution < 1.29 is 9.90 Å². The molecule has 2 heterocycles. The molecule has 2 atom stereocenters.